The van der Waals surface area contributed by atoms with E-state index >= 15 is 0 Å². The topological polar surface area (TPSA) is 81.4 Å². The van der Waals surface area contributed by atoms with Crippen molar-refractivity contribution in [1.29, 1.82) is 0 Å². The summed E-state index contributed by atoms with van der Waals surface area (Å²) in [6.45, 7) is 1.56. The van der Waals surface area contributed by atoms with Gasteiger partial charge >= 0.3 is 5.97 Å². The van der Waals surface area contributed by atoms with E-state index in [9.17, 15) is 9.59 Å². The molecule has 3 N–H and O–H groups in total. The lowest BCUT2D eigenvalue weighted by molar-refractivity contribution is -0.144. The van der Waals surface area contributed by atoms with Crippen molar-refractivity contribution < 1.29 is 14.3 Å². The second-order valence-electron chi connectivity index (χ2n) is 3.14. The largest absolute Gasteiger partial charge is 0.467 e. The summed E-state index contributed by atoms with van der Waals surface area (Å²) in [5.74, 6) is 0.0312. The highest BCUT2D eigenvalue weighted by Crippen LogP contribution is 1.99. The molecular formula is C9H18N2O3S. The third kappa shape index (κ3) is 5.64. The molecule has 0 rings (SSSR count). The predicted octanol–water partition coefficient (Wildman–Crippen LogP) is -0.255. The molecule has 0 aliphatic heterocycles. The molecule has 0 unspecified atom stereocenters. The Morgan fingerprint density at radius 1 is 1.53 bits per heavy atom. The number of rotatable bonds is 6. The summed E-state index contributed by atoms with van der Waals surface area (Å²) < 4.78 is 4.48. The first-order valence-electron chi connectivity index (χ1n) is 4.65. The number of carbonyl (C=O) groups excluding carboxylic acids is 2. The molecule has 88 valence electrons. The van der Waals surface area contributed by atoms with Gasteiger partial charge in [-0.25, -0.2) is 4.79 Å². The highest BCUT2D eigenvalue weighted by Gasteiger charge is 2.19. The normalized spacial score (nSPS) is 14.1. The van der Waals surface area contributed by atoms with Crippen LogP contribution in [0, 0.1) is 0 Å². The summed E-state index contributed by atoms with van der Waals surface area (Å²) in [5.41, 5.74) is 5.62. The van der Waals surface area contributed by atoms with E-state index in [1.807, 2.05) is 6.26 Å². The minimum atomic E-state index is -0.650. The predicted molar refractivity (Wildman–Crippen MR) is 60.6 cm³/mol. The molecule has 0 aromatic heterocycles. The van der Waals surface area contributed by atoms with E-state index in [0.29, 0.717) is 6.42 Å². The maximum Gasteiger partial charge on any atom is 0.328 e. The second-order valence-corrected chi connectivity index (χ2v) is 4.13. The Hall–Kier alpha value is -0.750. The van der Waals surface area contributed by atoms with Crippen LogP contribution in [0.4, 0.5) is 0 Å². The van der Waals surface area contributed by atoms with Crippen LogP contribution in [0.5, 0.6) is 0 Å². The summed E-state index contributed by atoms with van der Waals surface area (Å²) >= 11 is 1.63. The summed E-state index contributed by atoms with van der Waals surface area (Å²) in [4.78, 5) is 22.4. The maximum atomic E-state index is 11.4. The number of hydrogen-bond acceptors (Lipinski definition) is 5. The van der Waals surface area contributed by atoms with Crippen molar-refractivity contribution in [3.8, 4) is 0 Å². The molecule has 0 aliphatic carbocycles. The van der Waals surface area contributed by atoms with E-state index in [2.05, 4.69) is 10.1 Å². The summed E-state index contributed by atoms with van der Waals surface area (Å²) in [5, 5.41) is 2.49. The van der Waals surface area contributed by atoms with Crippen molar-refractivity contribution in [3.63, 3.8) is 0 Å². The van der Waals surface area contributed by atoms with E-state index < -0.39 is 18.1 Å². The number of nitrogens with two attached hydrogens (primary N) is 1. The van der Waals surface area contributed by atoms with Crippen LogP contribution >= 0.6 is 11.8 Å². The monoisotopic (exact) mass is 234 g/mol. The summed E-state index contributed by atoms with van der Waals surface area (Å²) in [6.07, 6.45) is 2.54. The minimum absolute atomic E-state index is 0.318. The van der Waals surface area contributed by atoms with E-state index in [0.717, 1.165) is 5.75 Å². The van der Waals surface area contributed by atoms with Gasteiger partial charge in [-0.15, -0.1) is 0 Å². The highest BCUT2D eigenvalue weighted by atomic mass is 32.2. The van der Waals surface area contributed by atoms with Gasteiger partial charge in [0.15, 0.2) is 0 Å². The molecule has 0 aliphatic rings. The number of nitrogens with one attached hydrogen (secondary N) is 1. The highest BCUT2D eigenvalue weighted by molar-refractivity contribution is 7.98. The van der Waals surface area contributed by atoms with E-state index in [4.69, 9.17) is 5.73 Å². The molecule has 1 amide bonds. The molecule has 0 heterocycles. The smallest absolute Gasteiger partial charge is 0.328 e. The number of ether oxygens (including phenoxy) is 1. The Kier molecular flexibility index (Phi) is 7.15. The number of hydrogen-bond donors (Lipinski definition) is 2. The standard InChI is InChI=1S/C9H18N2O3S/c1-6(9(13)14-2)11-8(12)7(10)4-5-15-3/h6-7H,4-5,10H2,1-3H3,(H,11,12)/t6-,7-/m0/s1. The zero-order valence-electron chi connectivity index (χ0n) is 9.28. The first-order chi connectivity index (χ1) is 7.02. The molecular weight excluding hydrogens is 216 g/mol. The quantitative estimate of drug-likeness (QED) is 0.619. The molecule has 0 fully saturated rings. The minimum Gasteiger partial charge on any atom is -0.467 e. The number of thioether (sulfide) groups is 1. The van der Waals surface area contributed by atoms with Gasteiger partial charge in [0, 0.05) is 0 Å². The zero-order valence-corrected chi connectivity index (χ0v) is 10.1. The molecule has 0 saturated carbocycles. The van der Waals surface area contributed by atoms with Crippen LogP contribution in [0.15, 0.2) is 0 Å². The van der Waals surface area contributed by atoms with Crippen LogP contribution in [0.25, 0.3) is 0 Å². The summed E-state index contributed by atoms with van der Waals surface area (Å²) in [6, 6.07) is -1.22. The van der Waals surface area contributed by atoms with Crippen LogP contribution in [-0.4, -0.2) is 43.1 Å². The first-order valence-corrected chi connectivity index (χ1v) is 6.05. The third-order valence-corrected chi connectivity index (χ3v) is 2.53. The van der Waals surface area contributed by atoms with Crippen LogP contribution in [0.3, 0.4) is 0 Å². The summed E-state index contributed by atoms with van der Waals surface area (Å²) in [7, 11) is 1.28. The number of amides is 1. The lowest BCUT2D eigenvalue weighted by Crippen LogP contribution is -2.47. The lowest BCUT2D eigenvalue weighted by Gasteiger charge is -2.15. The van der Waals surface area contributed by atoms with Gasteiger partial charge in [0.2, 0.25) is 5.91 Å². The van der Waals surface area contributed by atoms with Crippen molar-refractivity contribution in [2.24, 2.45) is 5.73 Å². The first kappa shape index (κ1) is 14.2. The van der Waals surface area contributed by atoms with Gasteiger partial charge in [0.25, 0.3) is 0 Å². The SMILES string of the molecule is COC(=O)[C@H](C)NC(=O)[C@@H](N)CCSC. The molecule has 0 saturated heterocycles. The zero-order chi connectivity index (χ0) is 11.8. The van der Waals surface area contributed by atoms with Crippen molar-refractivity contribution in [2.75, 3.05) is 19.1 Å². The number of methoxy groups -OCH3 is 1. The molecule has 0 aromatic rings. The van der Waals surface area contributed by atoms with Crippen LogP contribution in [0.1, 0.15) is 13.3 Å². The van der Waals surface area contributed by atoms with E-state index in [1.165, 1.54) is 7.11 Å². The van der Waals surface area contributed by atoms with E-state index in [-0.39, 0.29) is 5.91 Å². The van der Waals surface area contributed by atoms with Gasteiger partial charge < -0.3 is 15.8 Å². The fourth-order valence-corrected chi connectivity index (χ4v) is 1.42. The van der Waals surface area contributed by atoms with Gasteiger partial charge in [-0.05, 0) is 25.4 Å². The van der Waals surface area contributed by atoms with E-state index in [1.54, 1.807) is 18.7 Å². The molecule has 15 heavy (non-hydrogen) atoms. The Morgan fingerprint density at radius 3 is 2.60 bits per heavy atom. The molecule has 5 nitrogen and oxygen atoms in total. The van der Waals surface area contributed by atoms with Crippen molar-refractivity contribution >= 4 is 23.6 Å². The average Bonchev–Trinajstić information content (AvgIpc) is 2.24. The molecule has 0 radical (unpaired) electrons. The van der Waals surface area contributed by atoms with Gasteiger partial charge in [0.05, 0.1) is 13.2 Å². The fraction of sp³-hybridized carbons (Fsp3) is 0.778. The van der Waals surface area contributed by atoms with Crippen LogP contribution in [0.2, 0.25) is 0 Å². The average molecular weight is 234 g/mol. The Morgan fingerprint density at radius 2 is 2.13 bits per heavy atom. The Bertz CT molecular complexity index is 223. The molecule has 0 aromatic carbocycles. The van der Waals surface area contributed by atoms with Crippen molar-refractivity contribution in [2.45, 2.75) is 25.4 Å². The van der Waals surface area contributed by atoms with Crippen LogP contribution in [-0.2, 0) is 14.3 Å². The Balaban J connectivity index is 3.95. The Labute approximate surface area is 94.1 Å². The van der Waals surface area contributed by atoms with Crippen molar-refractivity contribution in [1.82, 2.24) is 5.32 Å². The second kappa shape index (κ2) is 7.53. The maximum absolute atomic E-state index is 11.4. The molecule has 0 spiro atoms. The van der Waals surface area contributed by atoms with Gasteiger partial charge in [-0.3, -0.25) is 4.79 Å². The van der Waals surface area contributed by atoms with Gasteiger partial charge in [-0.2, -0.15) is 11.8 Å². The molecule has 2 atom stereocenters. The molecule has 0 bridgehead atoms. The lowest BCUT2D eigenvalue weighted by atomic mass is 10.2. The molecule has 6 heteroatoms. The van der Waals surface area contributed by atoms with Gasteiger partial charge in [-0.1, -0.05) is 0 Å². The van der Waals surface area contributed by atoms with Crippen LogP contribution < -0.4 is 11.1 Å². The third-order valence-electron chi connectivity index (χ3n) is 1.88. The fourth-order valence-electron chi connectivity index (χ4n) is 0.932. The number of carbonyl (C=O) groups is 2. The van der Waals surface area contributed by atoms with Gasteiger partial charge in [0.1, 0.15) is 6.04 Å². The van der Waals surface area contributed by atoms with Crippen molar-refractivity contribution in [3.05, 3.63) is 0 Å². The number of esters is 1.